The highest BCUT2D eigenvalue weighted by Crippen LogP contribution is 2.53. The van der Waals surface area contributed by atoms with E-state index in [4.69, 9.17) is 4.74 Å². The number of phenolic OH excluding ortho intramolecular Hbond substituents is 8. The van der Waals surface area contributed by atoms with Crippen LogP contribution < -0.4 is 5.32 Å². The van der Waals surface area contributed by atoms with Crippen molar-refractivity contribution in [3.05, 3.63) is 87.5 Å². The summed E-state index contributed by atoms with van der Waals surface area (Å²) in [6.45, 7) is 4.06. The molecule has 10 N–H and O–H groups in total. The Hall–Kier alpha value is -6.34. The van der Waals surface area contributed by atoms with E-state index in [0.717, 1.165) is 23.8 Å². The van der Waals surface area contributed by atoms with Gasteiger partial charge in [-0.1, -0.05) is 32.1 Å². The van der Waals surface area contributed by atoms with Crippen LogP contribution >= 0.6 is 0 Å². The van der Waals surface area contributed by atoms with Crippen molar-refractivity contribution in [1.82, 2.24) is 5.32 Å². The standard InChI is InChI=1S/C42H43NO12/c1-3-20-13-22(28-18-34(48)38(50)26-9-5-7-24-25(37(26)28)8-6-10-30(24)44)14-27-21(15-33(47)40(52)36(20)27)11-12-35(49)55-41(42(53)54)29(19-43-4-2)23-16-31(45)39(51)32(46)17-23/h6,8,10-12,14-18,20,29,41,43-48,50-52H,3-5,7,9,13,19H2,1-2H3,(H,53,54)/t20-,29-,41+/m0/s1. The van der Waals surface area contributed by atoms with Crippen LogP contribution in [-0.2, 0) is 27.2 Å². The molecule has 0 radical (unpaired) electrons. The normalized spacial score (nSPS) is 16.0. The molecule has 3 atom stereocenters. The summed E-state index contributed by atoms with van der Waals surface area (Å²) in [6.07, 6.45) is 4.77. The summed E-state index contributed by atoms with van der Waals surface area (Å²) in [4.78, 5) is 25.8. The molecule has 0 aromatic heterocycles. The highest BCUT2D eigenvalue weighted by Gasteiger charge is 2.35. The predicted molar refractivity (Wildman–Crippen MR) is 203 cm³/mol. The number of esters is 1. The topological polar surface area (TPSA) is 237 Å². The Morgan fingerprint density at radius 3 is 2.18 bits per heavy atom. The van der Waals surface area contributed by atoms with Crippen molar-refractivity contribution < 1.29 is 60.3 Å². The molecule has 6 rings (SSSR count). The summed E-state index contributed by atoms with van der Waals surface area (Å²) in [5.41, 5.74) is 5.20. The molecular weight excluding hydrogens is 710 g/mol. The molecule has 0 aliphatic heterocycles. The van der Waals surface area contributed by atoms with E-state index in [9.17, 15) is 55.5 Å². The molecule has 0 spiro atoms. The zero-order chi connectivity index (χ0) is 39.7. The average Bonchev–Trinajstić information content (AvgIpc) is 3.36. The second-order valence-electron chi connectivity index (χ2n) is 13.8. The monoisotopic (exact) mass is 753 g/mol. The van der Waals surface area contributed by atoms with E-state index in [1.54, 1.807) is 25.1 Å². The molecule has 0 bridgehead atoms. The number of likely N-dealkylation sites (N-methyl/N-ethyl adjacent to an activating group) is 1. The fourth-order valence-electron chi connectivity index (χ4n) is 7.76. The molecule has 0 saturated carbocycles. The van der Waals surface area contributed by atoms with Crippen molar-refractivity contribution in [3.8, 4) is 57.1 Å². The van der Waals surface area contributed by atoms with Crippen LogP contribution in [0.1, 0.15) is 83.9 Å². The Balaban J connectivity index is 1.43. The Kier molecular flexibility index (Phi) is 10.9. The lowest BCUT2D eigenvalue weighted by atomic mass is 9.75. The first-order chi connectivity index (χ1) is 26.2. The summed E-state index contributed by atoms with van der Waals surface area (Å²) in [5, 5.41) is 97.9. The van der Waals surface area contributed by atoms with Crippen molar-refractivity contribution in [2.45, 2.75) is 63.9 Å². The number of ether oxygens (including phenoxy) is 1. The number of hydrogen-bond acceptors (Lipinski definition) is 12. The van der Waals surface area contributed by atoms with Gasteiger partial charge in [0.25, 0.3) is 0 Å². The smallest absolute Gasteiger partial charge is 0.345 e. The lowest BCUT2D eigenvalue weighted by Gasteiger charge is -2.29. The van der Waals surface area contributed by atoms with Gasteiger partial charge in [-0.15, -0.1) is 0 Å². The number of aliphatic carboxylic acids is 1. The average molecular weight is 754 g/mol. The van der Waals surface area contributed by atoms with Gasteiger partial charge in [0.15, 0.2) is 40.2 Å². The number of carboxylic acids is 1. The summed E-state index contributed by atoms with van der Waals surface area (Å²) in [5.74, 6) is -7.42. The van der Waals surface area contributed by atoms with Crippen molar-refractivity contribution in [3.63, 3.8) is 0 Å². The molecule has 2 aliphatic rings. The second-order valence-corrected chi connectivity index (χ2v) is 13.8. The number of benzene rings is 4. The number of hydrogen-bond donors (Lipinski definition) is 10. The second kappa shape index (κ2) is 15.6. The minimum atomic E-state index is -1.81. The largest absolute Gasteiger partial charge is 0.508 e. The molecule has 0 heterocycles. The van der Waals surface area contributed by atoms with E-state index < -0.39 is 47.0 Å². The first kappa shape index (κ1) is 38.4. The molecule has 0 saturated heterocycles. The van der Waals surface area contributed by atoms with Gasteiger partial charge in [-0.2, -0.15) is 0 Å². The molecule has 2 aliphatic carbocycles. The van der Waals surface area contributed by atoms with Crippen LogP contribution in [0.4, 0.5) is 0 Å². The number of allylic oxidation sites excluding steroid dienone is 1. The predicted octanol–water partition coefficient (Wildman–Crippen LogP) is 6.33. The number of rotatable bonds is 11. The maximum Gasteiger partial charge on any atom is 0.345 e. The van der Waals surface area contributed by atoms with Gasteiger partial charge in [-0.05, 0) is 120 Å². The lowest BCUT2D eigenvalue weighted by molar-refractivity contribution is -0.162. The first-order valence-corrected chi connectivity index (χ1v) is 18.0. The zero-order valence-corrected chi connectivity index (χ0v) is 30.2. The molecule has 13 heteroatoms. The SMILES string of the molecule is CCNC[C@@H](c1cc(O)c(O)c(O)c1)[C@@H](OC(=O)C=Cc1cc(O)c(O)c2c1C=C(c1cc(O)c(O)c3c1-c1cccc(O)c1CCC3)C[C@@H]2CC)C(=O)O. The molecule has 0 amide bonds. The number of fused-ring (bicyclic) bond motifs is 4. The molecule has 4 aromatic rings. The van der Waals surface area contributed by atoms with Crippen LogP contribution in [-0.4, -0.2) is 77.1 Å². The Morgan fingerprint density at radius 2 is 1.51 bits per heavy atom. The van der Waals surface area contributed by atoms with E-state index in [2.05, 4.69) is 5.32 Å². The summed E-state index contributed by atoms with van der Waals surface area (Å²) in [7, 11) is 0. The van der Waals surface area contributed by atoms with Gasteiger partial charge in [0.1, 0.15) is 5.75 Å². The molecule has 55 heavy (non-hydrogen) atoms. The van der Waals surface area contributed by atoms with E-state index in [1.165, 1.54) is 18.2 Å². The van der Waals surface area contributed by atoms with Crippen molar-refractivity contribution in [2.24, 2.45) is 0 Å². The van der Waals surface area contributed by atoms with E-state index >= 15 is 0 Å². The van der Waals surface area contributed by atoms with E-state index in [1.807, 2.05) is 13.0 Å². The number of nitrogens with one attached hydrogen (secondary N) is 1. The fourth-order valence-corrected chi connectivity index (χ4v) is 7.76. The van der Waals surface area contributed by atoms with Crippen LogP contribution in [0.25, 0.3) is 28.9 Å². The van der Waals surface area contributed by atoms with Crippen LogP contribution in [0, 0.1) is 0 Å². The summed E-state index contributed by atoms with van der Waals surface area (Å²) >= 11 is 0. The van der Waals surface area contributed by atoms with Crippen LogP contribution in [0.3, 0.4) is 0 Å². The molecule has 0 unspecified atom stereocenters. The molecule has 0 fully saturated rings. The van der Waals surface area contributed by atoms with Crippen molar-refractivity contribution >= 4 is 29.7 Å². The Bertz CT molecular complexity index is 2220. The van der Waals surface area contributed by atoms with Gasteiger partial charge in [0.05, 0.1) is 0 Å². The van der Waals surface area contributed by atoms with Crippen LogP contribution in [0.15, 0.2) is 48.5 Å². The van der Waals surface area contributed by atoms with Gasteiger partial charge in [0, 0.05) is 35.2 Å². The van der Waals surface area contributed by atoms with Gasteiger partial charge >= 0.3 is 11.9 Å². The summed E-state index contributed by atoms with van der Waals surface area (Å²) in [6, 6.07) is 10.1. The number of carbonyl (C=O) groups excluding carboxylic acids is 1. The Morgan fingerprint density at radius 1 is 0.836 bits per heavy atom. The van der Waals surface area contributed by atoms with Gasteiger partial charge in [-0.25, -0.2) is 9.59 Å². The van der Waals surface area contributed by atoms with E-state index in [-0.39, 0.29) is 46.6 Å². The fraction of sp³-hybridized carbons (Fsp3) is 0.286. The maximum atomic E-state index is 13.3. The van der Waals surface area contributed by atoms with Gasteiger partial charge < -0.3 is 56.0 Å². The first-order valence-electron chi connectivity index (χ1n) is 18.0. The zero-order valence-electron chi connectivity index (χ0n) is 30.2. The molecule has 4 aromatic carbocycles. The molecule has 13 nitrogen and oxygen atoms in total. The lowest BCUT2D eigenvalue weighted by Crippen LogP contribution is -2.38. The Labute approximate surface area is 316 Å². The third-order valence-electron chi connectivity index (χ3n) is 10.5. The number of phenols is 8. The van der Waals surface area contributed by atoms with Gasteiger partial charge in [0.2, 0.25) is 6.10 Å². The minimum absolute atomic E-state index is 0.0416. The summed E-state index contributed by atoms with van der Waals surface area (Å²) < 4.78 is 5.44. The minimum Gasteiger partial charge on any atom is -0.508 e. The maximum absolute atomic E-state index is 13.3. The third-order valence-corrected chi connectivity index (χ3v) is 10.5. The number of carboxylic acid groups (broad SMARTS) is 1. The number of carbonyl (C=O) groups is 2. The van der Waals surface area contributed by atoms with E-state index in [0.29, 0.717) is 77.6 Å². The van der Waals surface area contributed by atoms with Crippen LogP contribution in [0.2, 0.25) is 0 Å². The van der Waals surface area contributed by atoms with Crippen molar-refractivity contribution in [1.29, 1.82) is 0 Å². The molecular formula is C42H43NO12. The van der Waals surface area contributed by atoms with Gasteiger partial charge in [-0.3, -0.25) is 0 Å². The molecule has 288 valence electrons. The highest BCUT2D eigenvalue weighted by atomic mass is 16.6. The number of aromatic hydroxyl groups is 8. The van der Waals surface area contributed by atoms with Crippen LogP contribution in [0.5, 0.6) is 46.0 Å². The highest BCUT2D eigenvalue weighted by molar-refractivity contribution is 5.98. The quantitative estimate of drug-likeness (QED) is 0.0459. The third kappa shape index (κ3) is 7.30. The van der Waals surface area contributed by atoms with Crippen molar-refractivity contribution in [2.75, 3.05) is 13.1 Å².